The number of esters is 1. The number of pyridine rings is 1. The van der Waals surface area contributed by atoms with Gasteiger partial charge < -0.3 is 15.0 Å². The zero-order valence-electron chi connectivity index (χ0n) is 13.1. The number of benzene rings is 1. The molecule has 0 aliphatic rings. The molecule has 0 unspecified atom stereocenters. The van der Waals surface area contributed by atoms with Crippen LogP contribution in [0.2, 0.25) is 10.0 Å². The van der Waals surface area contributed by atoms with Gasteiger partial charge >= 0.3 is 5.97 Å². The second-order valence-electron chi connectivity index (χ2n) is 5.27. The molecule has 1 amide bonds. The van der Waals surface area contributed by atoms with Gasteiger partial charge in [0, 0.05) is 23.3 Å². The highest BCUT2D eigenvalue weighted by Crippen LogP contribution is 2.28. The molecule has 1 aromatic carbocycles. The fraction of sp³-hybridized carbons (Fsp3) is 0.118. The molecule has 0 radical (unpaired) electrons. The van der Waals surface area contributed by atoms with Gasteiger partial charge in [0.15, 0.2) is 12.4 Å². The molecule has 0 aliphatic heterocycles. The van der Waals surface area contributed by atoms with E-state index in [1.165, 1.54) is 6.20 Å². The van der Waals surface area contributed by atoms with E-state index in [0.717, 1.165) is 10.9 Å². The van der Waals surface area contributed by atoms with E-state index >= 15 is 0 Å². The minimum Gasteiger partial charge on any atom is -0.452 e. The van der Waals surface area contributed by atoms with E-state index in [9.17, 15) is 9.59 Å². The Kier molecular flexibility index (Phi) is 4.92. The Hall–Kier alpha value is -2.57. The summed E-state index contributed by atoms with van der Waals surface area (Å²) >= 11 is 12.0. The fourth-order valence-electron chi connectivity index (χ4n) is 2.26. The summed E-state index contributed by atoms with van der Waals surface area (Å²) in [5.41, 5.74) is 1.78. The molecule has 2 N–H and O–H groups in total. The van der Waals surface area contributed by atoms with E-state index < -0.39 is 18.5 Å². The summed E-state index contributed by atoms with van der Waals surface area (Å²) in [6, 6.07) is 7.31. The molecule has 0 saturated heterocycles. The van der Waals surface area contributed by atoms with Crippen molar-refractivity contribution in [2.24, 2.45) is 0 Å². The predicted octanol–water partition coefficient (Wildman–Crippen LogP) is 3.97. The van der Waals surface area contributed by atoms with Crippen molar-refractivity contribution in [3.05, 3.63) is 57.8 Å². The molecule has 0 spiro atoms. The van der Waals surface area contributed by atoms with Gasteiger partial charge in [-0.25, -0.2) is 9.78 Å². The van der Waals surface area contributed by atoms with Crippen LogP contribution in [0.15, 0.2) is 36.7 Å². The number of aromatic nitrogens is 2. The molecule has 3 rings (SSSR count). The van der Waals surface area contributed by atoms with E-state index in [0.29, 0.717) is 16.1 Å². The quantitative estimate of drug-likeness (QED) is 0.673. The SMILES string of the molecule is Cc1c(Cl)cnc(NC(=O)COC(=O)c2c[nH]c3ccccc23)c1Cl. The van der Waals surface area contributed by atoms with Crippen LogP contribution in [0.5, 0.6) is 0 Å². The van der Waals surface area contributed by atoms with Crippen molar-refractivity contribution in [1.82, 2.24) is 9.97 Å². The molecule has 8 heteroatoms. The number of amides is 1. The van der Waals surface area contributed by atoms with Gasteiger partial charge in [-0.15, -0.1) is 0 Å². The minimum atomic E-state index is -0.598. The predicted molar refractivity (Wildman–Crippen MR) is 96.2 cm³/mol. The lowest BCUT2D eigenvalue weighted by Crippen LogP contribution is -2.21. The summed E-state index contributed by atoms with van der Waals surface area (Å²) in [6.45, 7) is 1.25. The summed E-state index contributed by atoms with van der Waals surface area (Å²) < 4.78 is 5.05. The molecule has 6 nitrogen and oxygen atoms in total. The monoisotopic (exact) mass is 377 g/mol. The largest absolute Gasteiger partial charge is 0.452 e. The molecule has 0 fully saturated rings. The van der Waals surface area contributed by atoms with E-state index in [2.05, 4.69) is 15.3 Å². The van der Waals surface area contributed by atoms with Crippen LogP contribution in [-0.4, -0.2) is 28.5 Å². The van der Waals surface area contributed by atoms with Crippen LogP contribution in [-0.2, 0) is 9.53 Å². The third-order valence-corrected chi connectivity index (χ3v) is 4.45. The maximum Gasteiger partial charge on any atom is 0.340 e. The first-order chi connectivity index (χ1) is 12.0. The van der Waals surface area contributed by atoms with Crippen LogP contribution < -0.4 is 5.32 Å². The summed E-state index contributed by atoms with van der Waals surface area (Å²) in [4.78, 5) is 31.1. The summed E-state index contributed by atoms with van der Waals surface area (Å²) in [6.07, 6.45) is 2.93. The number of fused-ring (bicyclic) bond motifs is 1. The van der Waals surface area contributed by atoms with Gasteiger partial charge in [0.2, 0.25) is 0 Å². The first-order valence-corrected chi connectivity index (χ1v) is 8.06. The Bertz CT molecular complexity index is 969. The van der Waals surface area contributed by atoms with Gasteiger partial charge in [-0.05, 0) is 18.6 Å². The standard InChI is InChI=1S/C17H13Cl2N3O3/c1-9-12(18)7-21-16(15(9)19)22-14(23)8-25-17(24)11-6-20-13-5-3-2-4-10(11)13/h2-7,20H,8H2,1H3,(H,21,22,23). The smallest absolute Gasteiger partial charge is 0.340 e. The molecule has 0 bridgehead atoms. The number of aromatic amines is 1. The van der Waals surface area contributed by atoms with Crippen LogP contribution in [0.1, 0.15) is 15.9 Å². The van der Waals surface area contributed by atoms with E-state index in [-0.39, 0.29) is 10.8 Å². The zero-order valence-corrected chi connectivity index (χ0v) is 14.6. The Morgan fingerprint density at radius 2 is 2.04 bits per heavy atom. The number of carbonyl (C=O) groups excluding carboxylic acids is 2. The van der Waals surface area contributed by atoms with Crippen molar-refractivity contribution in [1.29, 1.82) is 0 Å². The van der Waals surface area contributed by atoms with Crippen LogP contribution in [0.3, 0.4) is 0 Å². The molecule has 2 aromatic heterocycles. The molecular formula is C17H13Cl2N3O3. The third-order valence-electron chi connectivity index (χ3n) is 3.60. The van der Waals surface area contributed by atoms with Crippen molar-refractivity contribution in [2.75, 3.05) is 11.9 Å². The fourth-order valence-corrected chi connectivity index (χ4v) is 2.65. The lowest BCUT2D eigenvalue weighted by Gasteiger charge is -2.09. The molecule has 3 aromatic rings. The molecular weight excluding hydrogens is 365 g/mol. The minimum absolute atomic E-state index is 0.164. The maximum absolute atomic E-state index is 12.2. The van der Waals surface area contributed by atoms with Gasteiger partial charge in [-0.3, -0.25) is 4.79 Å². The number of anilines is 1. The van der Waals surface area contributed by atoms with Crippen LogP contribution in [0.25, 0.3) is 10.9 Å². The number of nitrogens with zero attached hydrogens (tertiary/aromatic N) is 1. The average molecular weight is 378 g/mol. The third kappa shape index (κ3) is 3.60. The van der Waals surface area contributed by atoms with Crippen molar-refractivity contribution in [2.45, 2.75) is 6.92 Å². The van der Waals surface area contributed by atoms with Crippen molar-refractivity contribution >= 4 is 51.8 Å². The Morgan fingerprint density at radius 3 is 2.84 bits per heavy atom. The topological polar surface area (TPSA) is 84.1 Å². The van der Waals surface area contributed by atoms with Crippen LogP contribution in [0.4, 0.5) is 5.82 Å². The highest BCUT2D eigenvalue weighted by atomic mass is 35.5. The summed E-state index contributed by atoms with van der Waals surface area (Å²) in [5, 5.41) is 3.85. The number of H-pyrrole nitrogens is 1. The van der Waals surface area contributed by atoms with Crippen molar-refractivity contribution in [3.8, 4) is 0 Å². The number of halogens is 2. The van der Waals surface area contributed by atoms with Gasteiger partial charge in [-0.1, -0.05) is 41.4 Å². The number of hydrogen-bond donors (Lipinski definition) is 2. The Morgan fingerprint density at radius 1 is 1.28 bits per heavy atom. The lowest BCUT2D eigenvalue weighted by atomic mass is 10.2. The van der Waals surface area contributed by atoms with Crippen molar-refractivity contribution < 1.29 is 14.3 Å². The zero-order chi connectivity index (χ0) is 18.0. The van der Waals surface area contributed by atoms with E-state index in [1.54, 1.807) is 19.2 Å². The Balaban J connectivity index is 1.64. The Labute approximate surface area is 153 Å². The molecule has 0 aliphatic carbocycles. The second-order valence-corrected chi connectivity index (χ2v) is 6.05. The molecule has 128 valence electrons. The number of ether oxygens (including phenoxy) is 1. The number of carbonyl (C=O) groups is 2. The van der Waals surface area contributed by atoms with Crippen LogP contribution in [0, 0.1) is 6.92 Å². The van der Waals surface area contributed by atoms with Crippen molar-refractivity contribution in [3.63, 3.8) is 0 Å². The van der Waals surface area contributed by atoms with Gasteiger partial charge in [-0.2, -0.15) is 0 Å². The van der Waals surface area contributed by atoms with Crippen LogP contribution >= 0.6 is 23.2 Å². The first kappa shape index (κ1) is 17.3. The van der Waals surface area contributed by atoms with Gasteiger partial charge in [0.25, 0.3) is 5.91 Å². The first-order valence-electron chi connectivity index (χ1n) is 7.31. The molecule has 2 heterocycles. The lowest BCUT2D eigenvalue weighted by molar-refractivity contribution is -0.119. The number of hydrogen-bond acceptors (Lipinski definition) is 4. The highest BCUT2D eigenvalue weighted by molar-refractivity contribution is 6.37. The molecule has 0 saturated carbocycles. The van der Waals surface area contributed by atoms with E-state index in [4.69, 9.17) is 27.9 Å². The normalized spacial score (nSPS) is 10.7. The number of rotatable bonds is 4. The molecule has 25 heavy (non-hydrogen) atoms. The average Bonchev–Trinajstić information content (AvgIpc) is 3.04. The second kappa shape index (κ2) is 7.13. The van der Waals surface area contributed by atoms with E-state index in [1.807, 2.05) is 18.2 Å². The maximum atomic E-state index is 12.2. The number of nitrogens with one attached hydrogen (secondary N) is 2. The summed E-state index contributed by atoms with van der Waals surface area (Å²) in [7, 11) is 0. The molecule has 0 atom stereocenters. The van der Waals surface area contributed by atoms with Gasteiger partial charge in [0.05, 0.1) is 15.6 Å². The highest BCUT2D eigenvalue weighted by Gasteiger charge is 2.16. The summed E-state index contributed by atoms with van der Waals surface area (Å²) in [5.74, 6) is -0.986. The van der Waals surface area contributed by atoms with Gasteiger partial charge in [0.1, 0.15) is 0 Å². The number of para-hydroxylation sites is 1.